The first-order valence-electron chi connectivity index (χ1n) is 20.5. The maximum atomic E-state index is 12.5. The van der Waals surface area contributed by atoms with E-state index >= 15 is 0 Å². The smallest absolute Gasteiger partial charge is 0.462 e. The van der Waals surface area contributed by atoms with Gasteiger partial charge in [0.15, 0.2) is 6.10 Å². The van der Waals surface area contributed by atoms with Crippen molar-refractivity contribution in [2.75, 3.05) is 26.4 Å². The first kappa shape index (κ1) is 48.0. The Morgan fingerprint density at radius 2 is 0.878 bits per heavy atom. The van der Waals surface area contributed by atoms with Crippen LogP contribution in [0.3, 0.4) is 0 Å². The van der Waals surface area contributed by atoms with Crippen LogP contribution in [0.15, 0.2) is 0 Å². The third-order valence-electron chi connectivity index (χ3n) is 8.99. The summed E-state index contributed by atoms with van der Waals surface area (Å²) in [5.74, 6) is -0.816. The van der Waals surface area contributed by atoms with Crippen molar-refractivity contribution in [2.45, 2.75) is 213 Å². The van der Waals surface area contributed by atoms with Gasteiger partial charge in [-0.05, 0) is 12.8 Å². The van der Waals surface area contributed by atoms with Crippen LogP contribution in [0.5, 0.6) is 0 Å². The van der Waals surface area contributed by atoms with Gasteiger partial charge in [0.25, 0.3) is 0 Å². The van der Waals surface area contributed by atoms with Gasteiger partial charge in [-0.1, -0.05) is 181 Å². The quantitative estimate of drug-likeness (QED) is 0.0361. The number of hydrogen-bond acceptors (Lipinski definition) is 8. The molecule has 0 rings (SSSR count). The fourth-order valence-corrected chi connectivity index (χ4v) is 6.69. The first-order chi connectivity index (χ1) is 23.8. The molecule has 0 aromatic rings. The van der Waals surface area contributed by atoms with E-state index in [2.05, 4.69) is 13.8 Å². The number of phosphoric acid groups is 1. The predicted molar refractivity (Wildman–Crippen MR) is 201 cm³/mol. The van der Waals surface area contributed by atoms with Crippen molar-refractivity contribution < 1.29 is 37.6 Å². The van der Waals surface area contributed by atoms with E-state index in [4.69, 9.17) is 24.3 Å². The van der Waals surface area contributed by atoms with E-state index in [1.165, 1.54) is 141 Å². The van der Waals surface area contributed by atoms with Gasteiger partial charge >= 0.3 is 19.8 Å². The maximum Gasteiger partial charge on any atom is 0.472 e. The third-order valence-corrected chi connectivity index (χ3v) is 9.98. The van der Waals surface area contributed by atoms with Gasteiger partial charge in [-0.25, -0.2) is 4.57 Å². The Hall–Kier alpha value is -0.990. The largest absolute Gasteiger partial charge is 0.472 e. The molecule has 9 nitrogen and oxygen atoms in total. The molecule has 0 fully saturated rings. The average molecular weight is 720 g/mol. The van der Waals surface area contributed by atoms with Crippen LogP contribution in [-0.2, 0) is 32.7 Å². The number of hydrogen-bond donors (Lipinski definition) is 2. The van der Waals surface area contributed by atoms with Gasteiger partial charge in [0.2, 0.25) is 0 Å². The highest BCUT2D eigenvalue weighted by molar-refractivity contribution is 7.47. The van der Waals surface area contributed by atoms with E-state index in [9.17, 15) is 19.0 Å². The SMILES string of the molecule is CCCCCCCCCCCCCCCCCCCC(=O)OC[C@H](COP(=O)(O)OCCN)OC(=O)CCCCCCCCCCCCC. The summed E-state index contributed by atoms with van der Waals surface area (Å²) in [5, 5.41) is 0. The lowest BCUT2D eigenvalue weighted by Gasteiger charge is -2.19. The molecular formula is C39H78NO8P. The average Bonchev–Trinajstić information content (AvgIpc) is 3.08. The minimum Gasteiger partial charge on any atom is -0.462 e. The summed E-state index contributed by atoms with van der Waals surface area (Å²) < 4.78 is 32.7. The summed E-state index contributed by atoms with van der Waals surface area (Å²) in [7, 11) is -4.36. The fourth-order valence-electron chi connectivity index (χ4n) is 5.93. The lowest BCUT2D eigenvalue weighted by Crippen LogP contribution is -2.29. The predicted octanol–water partition coefficient (Wildman–Crippen LogP) is 11.3. The highest BCUT2D eigenvalue weighted by atomic mass is 31.2. The molecule has 292 valence electrons. The molecule has 0 bridgehead atoms. The Labute approximate surface area is 301 Å². The number of unbranched alkanes of at least 4 members (excludes halogenated alkanes) is 26. The van der Waals surface area contributed by atoms with Crippen LogP contribution in [0.25, 0.3) is 0 Å². The summed E-state index contributed by atoms with van der Waals surface area (Å²) in [6.45, 7) is 3.75. The van der Waals surface area contributed by atoms with Crippen LogP contribution in [0.2, 0.25) is 0 Å². The Kier molecular flexibility index (Phi) is 36.0. The lowest BCUT2D eigenvalue weighted by atomic mass is 10.0. The molecule has 0 aliphatic carbocycles. The van der Waals surface area contributed by atoms with Crippen molar-refractivity contribution in [1.82, 2.24) is 0 Å². The molecule has 0 heterocycles. The topological polar surface area (TPSA) is 134 Å². The molecule has 0 aromatic carbocycles. The summed E-state index contributed by atoms with van der Waals surface area (Å²) in [5.41, 5.74) is 5.33. The Bertz CT molecular complexity index is 784. The zero-order chi connectivity index (χ0) is 36.1. The summed E-state index contributed by atoms with van der Waals surface area (Å²) in [6.07, 6.45) is 34.2. The molecule has 0 aliphatic rings. The van der Waals surface area contributed by atoms with Gasteiger partial charge in [0.05, 0.1) is 13.2 Å². The minimum atomic E-state index is -4.36. The summed E-state index contributed by atoms with van der Waals surface area (Å²) >= 11 is 0. The standard InChI is InChI=1S/C39H78NO8P/c1-3-5-7-9-11-13-15-16-17-18-19-20-22-23-25-27-29-31-38(41)45-35-37(36-47-49(43,44)46-34-33-40)48-39(42)32-30-28-26-24-21-14-12-10-8-6-4-2/h37H,3-36,40H2,1-2H3,(H,43,44)/t37-/m1/s1. The lowest BCUT2D eigenvalue weighted by molar-refractivity contribution is -0.161. The van der Waals surface area contributed by atoms with Gasteiger partial charge < -0.3 is 20.1 Å². The van der Waals surface area contributed by atoms with Crippen LogP contribution in [0.4, 0.5) is 0 Å². The van der Waals surface area contributed by atoms with Crippen LogP contribution in [-0.4, -0.2) is 49.3 Å². The second kappa shape index (κ2) is 36.8. The van der Waals surface area contributed by atoms with Crippen LogP contribution in [0.1, 0.15) is 206 Å². The van der Waals surface area contributed by atoms with E-state index in [0.717, 1.165) is 32.1 Å². The Morgan fingerprint density at radius 3 is 1.24 bits per heavy atom. The molecule has 0 saturated carbocycles. The molecule has 0 aromatic heterocycles. The molecule has 49 heavy (non-hydrogen) atoms. The van der Waals surface area contributed by atoms with Gasteiger partial charge in [0, 0.05) is 19.4 Å². The highest BCUT2D eigenvalue weighted by Crippen LogP contribution is 2.43. The van der Waals surface area contributed by atoms with Gasteiger partial charge in [-0.2, -0.15) is 0 Å². The molecule has 0 amide bonds. The van der Waals surface area contributed by atoms with E-state index in [1.807, 2.05) is 0 Å². The zero-order valence-electron chi connectivity index (χ0n) is 31.9. The molecular weight excluding hydrogens is 641 g/mol. The molecule has 10 heteroatoms. The van der Waals surface area contributed by atoms with Crippen molar-refractivity contribution in [2.24, 2.45) is 5.73 Å². The Morgan fingerprint density at radius 1 is 0.531 bits per heavy atom. The highest BCUT2D eigenvalue weighted by Gasteiger charge is 2.26. The number of esters is 2. The Balaban J connectivity index is 4.10. The molecule has 2 atom stereocenters. The number of ether oxygens (including phenoxy) is 2. The van der Waals surface area contributed by atoms with Crippen molar-refractivity contribution in [3.05, 3.63) is 0 Å². The first-order valence-corrected chi connectivity index (χ1v) is 22.0. The van der Waals surface area contributed by atoms with Crippen molar-refractivity contribution in [1.29, 1.82) is 0 Å². The van der Waals surface area contributed by atoms with Crippen LogP contribution >= 0.6 is 7.82 Å². The monoisotopic (exact) mass is 720 g/mol. The van der Waals surface area contributed by atoms with E-state index < -0.39 is 26.5 Å². The molecule has 0 spiro atoms. The minimum absolute atomic E-state index is 0.0578. The summed E-state index contributed by atoms with van der Waals surface area (Å²) in [4.78, 5) is 34.7. The second-order valence-corrected chi connectivity index (χ2v) is 15.3. The second-order valence-electron chi connectivity index (χ2n) is 13.9. The third kappa shape index (κ3) is 36.6. The van der Waals surface area contributed by atoms with Gasteiger partial charge in [-0.15, -0.1) is 0 Å². The maximum absolute atomic E-state index is 12.5. The van der Waals surface area contributed by atoms with Crippen molar-refractivity contribution in [3.8, 4) is 0 Å². The molecule has 1 unspecified atom stereocenters. The number of carbonyl (C=O) groups is 2. The zero-order valence-corrected chi connectivity index (χ0v) is 32.8. The normalized spacial score (nSPS) is 13.3. The van der Waals surface area contributed by atoms with Gasteiger partial charge in [-0.3, -0.25) is 18.6 Å². The van der Waals surface area contributed by atoms with E-state index in [1.54, 1.807) is 0 Å². The fraction of sp³-hybridized carbons (Fsp3) is 0.949. The molecule has 0 saturated heterocycles. The van der Waals surface area contributed by atoms with Gasteiger partial charge in [0.1, 0.15) is 6.61 Å². The molecule has 0 radical (unpaired) electrons. The molecule has 0 aliphatic heterocycles. The number of carbonyl (C=O) groups excluding carboxylic acids is 2. The van der Waals surface area contributed by atoms with E-state index in [0.29, 0.717) is 6.42 Å². The number of nitrogens with two attached hydrogens (primary N) is 1. The number of rotatable bonds is 39. The van der Waals surface area contributed by atoms with Crippen molar-refractivity contribution >= 4 is 19.8 Å². The van der Waals surface area contributed by atoms with Crippen LogP contribution in [0, 0.1) is 0 Å². The molecule has 3 N–H and O–H groups in total. The summed E-state index contributed by atoms with van der Waals surface area (Å²) in [6, 6.07) is 0. The van der Waals surface area contributed by atoms with Crippen molar-refractivity contribution in [3.63, 3.8) is 0 Å². The van der Waals surface area contributed by atoms with E-state index in [-0.39, 0.29) is 38.6 Å². The van der Waals surface area contributed by atoms with Crippen LogP contribution < -0.4 is 5.73 Å². The number of phosphoric ester groups is 1.